The summed E-state index contributed by atoms with van der Waals surface area (Å²) in [6.45, 7) is 2.15. The Morgan fingerprint density at radius 1 is 1.48 bits per heavy atom. The Bertz CT molecular complexity index is 653. The number of aliphatic hydroxyl groups excluding tert-OH is 1. The molecule has 0 spiro atoms. The van der Waals surface area contributed by atoms with E-state index in [0.717, 1.165) is 16.7 Å². The zero-order valence-electron chi connectivity index (χ0n) is 11.7. The Labute approximate surface area is 122 Å². The van der Waals surface area contributed by atoms with Gasteiger partial charge in [-0.05, 0) is 18.1 Å². The van der Waals surface area contributed by atoms with Gasteiger partial charge < -0.3 is 20.3 Å². The average molecular weight is 287 g/mol. The molecule has 0 saturated carbocycles. The van der Waals surface area contributed by atoms with Crippen molar-refractivity contribution in [3.63, 3.8) is 0 Å². The van der Waals surface area contributed by atoms with Crippen molar-refractivity contribution in [2.45, 2.75) is 32.0 Å². The normalized spacial score (nSPS) is 20.1. The van der Waals surface area contributed by atoms with Gasteiger partial charge in [-0.1, -0.05) is 29.4 Å². The molecule has 0 radical (unpaired) electrons. The molecule has 6 heteroatoms. The van der Waals surface area contributed by atoms with Crippen molar-refractivity contribution in [1.82, 2.24) is 15.8 Å². The van der Waals surface area contributed by atoms with Crippen LogP contribution < -0.4 is 10.6 Å². The van der Waals surface area contributed by atoms with Crippen molar-refractivity contribution < 1.29 is 14.4 Å². The number of nitrogens with one attached hydrogen (secondary N) is 2. The number of urea groups is 1. The number of hydrogen-bond acceptors (Lipinski definition) is 4. The molecule has 0 fully saturated rings. The number of hydrogen-bond donors (Lipinski definition) is 3. The minimum absolute atomic E-state index is 0.290. The van der Waals surface area contributed by atoms with Crippen LogP contribution in [0, 0.1) is 6.92 Å². The molecule has 2 amide bonds. The maximum atomic E-state index is 12.0. The first-order valence-electron chi connectivity index (χ1n) is 6.85. The highest BCUT2D eigenvalue weighted by atomic mass is 16.5. The monoisotopic (exact) mass is 287 g/mol. The molecule has 110 valence electrons. The fourth-order valence-corrected chi connectivity index (χ4v) is 2.58. The van der Waals surface area contributed by atoms with Crippen molar-refractivity contribution in [3.05, 3.63) is 52.9 Å². The van der Waals surface area contributed by atoms with Gasteiger partial charge in [0, 0.05) is 12.0 Å². The second kappa shape index (κ2) is 5.57. The van der Waals surface area contributed by atoms with Gasteiger partial charge in [0.05, 0.1) is 18.7 Å². The molecule has 2 atom stereocenters. The van der Waals surface area contributed by atoms with Crippen LogP contribution in [0.3, 0.4) is 0 Å². The second-order valence-electron chi connectivity index (χ2n) is 5.22. The predicted molar refractivity (Wildman–Crippen MR) is 75.5 cm³/mol. The SMILES string of the molecule is Cc1conc1CNC(=O)N[C@H]1c2ccccc2C[C@H]1O. The summed E-state index contributed by atoms with van der Waals surface area (Å²) in [7, 11) is 0. The van der Waals surface area contributed by atoms with Crippen LogP contribution in [0.2, 0.25) is 0 Å². The molecule has 6 nitrogen and oxygen atoms in total. The molecule has 1 heterocycles. The number of carbonyl (C=O) groups excluding carboxylic acids is 1. The maximum Gasteiger partial charge on any atom is 0.315 e. The first kappa shape index (κ1) is 13.6. The highest BCUT2D eigenvalue weighted by Gasteiger charge is 2.31. The number of fused-ring (bicyclic) bond motifs is 1. The first-order chi connectivity index (χ1) is 10.1. The number of benzene rings is 1. The van der Waals surface area contributed by atoms with E-state index in [-0.39, 0.29) is 12.1 Å². The van der Waals surface area contributed by atoms with E-state index in [1.807, 2.05) is 31.2 Å². The molecule has 3 N–H and O–H groups in total. The van der Waals surface area contributed by atoms with Crippen molar-refractivity contribution in [1.29, 1.82) is 0 Å². The summed E-state index contributed by atoms with van der Waals surface area (Å²) < 4.78 is 4.81. The van der Waals surface area contributed by atoms with Crippen LogP contribution in [0.25, 0.3) is 0 Å². The molecule has 1 aliphatic carbocycles. The number of rotatable bonds is 3. The molecule has 0 aliphatic heterocycles. The van der Waals surface area contributed by atoms with Gasteiger partial charge in [-0.15, -0.1) is 0 Å². The van der Waals surface area contributed by atoms with E-state index in [2.05, 4.69) is 15.8 Å². The van der Waals surface area contributed by atoms with Gasteiger partial charge in [-0.2, -0.15) is 0 Å². The van der Waals surface area contributed by atoms with Crippen LogP contribution >= 0.6 is 0 Å². The van der Waals surface area contributed by atoms with E-state index in [4.69, 9.17) is 4.52 Å². The van der Waals surface area contributed by atoms with Gasteiger partial charge in [0.25, 0.3) is 0 Å². The van der Waals surface area contributed by atoms with Gasteiger partial charge in [0.1, 0.15) is 12.0 Å². The molecular weight excluding hydrogens is 270 g/mol. The minimum atomic E-state index is -0.595. The maximum absolute atomic E-state index is 12.0. The zero-order valence-corrected chi connectivity index (χ0v) is 11.7. The van der Waals surface area contributed by atoms with Gasteiger partial charge in [0.15, 0.2) is 0 Å². The number of amides is 2. The van der Waals surface area contributed by atoms with Gasteiger partial charge >= 0.3 is 6.03 Å². The lowest BCUT2D eigenvalue weighted by molar-refractivity contribution is 0.142. The highest BCUT2D eigenvalue weighted by Crippen LogP contribution is 2.30. The van der Waals surface area contributed by atoms with E-state index in [9.17, 15) is 9.90 Å². The summed E-state index contributed by atoms with van der Waals surface area (Å²) in [6.07, 6.45) is 1.50. The molecule has 0 bridgehead atoms. The van der Waals surface area contributed by atoms with Gasteiger partial charge in [0.2, 0.25) is 0 Å². The third-order valence-corrected chi connectivity index (χ3v) is 3.75. The van der Waals surface area contributed by atoms with E-state index >= 15 is 0 Å². The van der Waals surface area contributed by atoms with Crippen molar-refractivity contribution in [2.24, 2.45) is 0 Å². The summed E-state index contributed by atoms with van der Waals surface area (Å²) >= 11 is 0. The quantitative estimate of drug-likeness (QED) is 0.797. The Kier molecular flexibility index (Phi) is 3.62. The lowest BCUT2D eigenvalue weighted by atomic mass is 10.1. The van der Waals surface area contributed by atoms with E-state index in [1.165, 1.54) is 6.26 Å². The van der Waals surface area contributed by atoms with Gasteiger partial charge in [-0.3, -0.25) is 0 Å². The first-order valence-corrected chi connectivity index (χ1v) is 6.85. The van der Waals surface area contributed by atoms with E-state index in [0.29, 0.717) is 18.7 Å². The standard InChI is InChI=1S/C15H17N3O3/c1-9-8-21-18-12(9)7-16-15(20)17-14-11-5-3-2-4-10(11)6-13(14)19/h2-5,8,13-14,19H,6-7H2,1H3,(H2,16,17,20)/t13-,14+/m1/s1. The third-order valence-electron chi connectivity index (χ3n) is 3.75. The predicted octanol–water partition coefficient (Wildman–Crippen LogP) is 1.44. The fourth-order valence-electron chi connectivity index (χ4n) is 2.58. The average Bonchev–Trinajstić information content (AvgIpc) is 3.01. The van der Waals surface area contributed by atoms with Crippen LogP contribution in [0.4, 0.5) is 4.79 Å². The zero-order chi connectivity index (χ0) is 14.8. The fraction of sp³-hybridized carbons (Fsp3) is 0.333. The van der Waals surface area contributed by atoms with Crippen molar-refractivity contribution >= 4 is 6.03 Å². The third kappa shape index (κ3) is 2.75. The molecule has 0 unspecified atom stereocenters. The Morgan fingerprint density at radius 3 is 3.05 bits per heavy atom. The molecule has 0 saturated heterocycles. The minimum Gasteiger partial charge on any atom is -0.390 e. The molecule has 1 aromatic carbocycles. The van der Waals surface area contributed by atoms with Crippen molar-refractivity contribution in [2.75, 3.05) is 0 Å². The Morgan fingerprint density at radius 2 is 2.29 bits per heavy atom. The molecule has 3 rings (SSSR count). The van der Waals surface area contributed by atoms with E-state index < -0.39 is 6.10 Å². The summed E-state index contributed by atoms with van der Waals surface area (Å²) in [6, 6.07) is 7.02. The number of aryl methyl sites for hydroxylation is 1. The Balaban J connectivity index is 1.61. The summed E-state index contributed by atoms with van der Waals surface area (Å²) in [5, 5.41) is 19.4. The van der Waals surface area contributed by atoms with Gasteiger partial charge in [-0.25, -0.2) is 4.79 Å². The topological polar surface area (TPSA) is 87.4 Å². The number of nitrogens with zero attached hydrogens (tertiary/aromatic N) is 1. The number of aromatic nitrogens is 1. The summed E-state index contributed by atoms with van der Waals surface area (Å²) in [5.41, 5.74) is 3.62. The molecule has 2 aromatic rings. The highest BCUT2D eigenvalue weighted by molar-refractivity contribution is 5.74. The molecule has 1 aliphatic rings. The lowest BCUT2D eigenvalue weighted by Crippen LogP contribution is -2.40. The van der Waals surface area contributed by atoms with Crippen LogP contribution in [-0.2, 0) is 13.0 Å². The summed E-state index contributed by atoms with van der Waals surface area (Å²) in [5.74, 6) is 0. The number of aliphatic hydroxyl groups is 1. The molecule has 1 aromatic heterocycles. The Hall–Kier alpha value is -2.34. The van der Waals surface area contributed by atoms with Crippen LogP contribution in [0.15, 0.2) is 35.1 Å². The molecule has 21 heavy (non-hydrogen) atoms. The van der Waals surface area contributed by atoms with E-state index in [1.54, 1.807) is 0 Å². The molecular formula is C15H17N3O3. The largest absolute Gasteiger partial charge is 0.390 e. The lowest BCUT2D eigenvalue weighted by Gasteiger charge is -2.18. The van der Waals surface area contributed by atoms with Crippen LogP contribution in [0.5, 0.6) is 0 Å². The second-order valence-corrected chi connectivity index (χ2v) is 5.22. The smallest absolute Gasteiger partial charge is 0.315 e. The summed E-state index contributed by atoms with van der Waals surface area (Å²) in [4.78, 5) is 12.0. The van der Waals surface area contributed by atoms with Crippen LogP contribution in [-0.4, -0.2) is 22.4 Å². The van der Waals surface area contributed by atoms with Crippen molar-refractivity contribution in [3.8, 4) is 0 Å². The number of carbonyl (C=O) groups is 1. The van der Waals surface area contributed by atoms with Crippen LogP contribution in [0.1, 0.15) is 28.4 Å².